The van der Waals surface area contributed by atoms with Crippen LogP contribution >= 0.6 is 0 Å². The molecule has 0 saturated heterocycles. The molecule has 0 saturated carbocycles. The fourth-order valence-electron chi connectivity index (χ4n) is 2.77. The molecule has 31 heavy (non-hydrogen) atoms. The van der Waals surface area contributed by atoms with E-state index in [-0.39, 0.29) is 6.04 Å². The summed E-state index contributed by atoms with van der Waals surface area (Å²) < 4.78 is 0. The Balaban J connectivity index is 0.000000703. The maximum absolute atomic E-state index is 6.02. The Kier molecular flexibility index (Phi) is 12.2. The molecule has 0 unspecified atom stereocenters. The molecule has 0 aliphatic heterocycles. The Labute approximate surface area is 188 Å². The van der Waals surface area contributed by atoms with Crippen LogP contribution in [0.3, 0.4) is 0 Å². The molecule has 4 N–H and O–H groups in total. The SMILES string of the molecule is C=CN/C=C(/C(=C)NC(c1ccccc1)c1ccccc1)C(N)=NC.CCC(C)CC. The van der Waals surface area contributed by atoms with Gasteiger partial charge >= 0.3 is 0 Å². The number of benzene rings is 2. The van der Waals surface area contributed by atoms with Crippen LogP contribution in [0, 0.1) is 5.92 Å². The standard InChI is InChI=1S/C21H24N4.C6H14/c1-4-24-15-19(21(22)23-3)16(2)25-20(17-11-7-5-8-12-17)18-13-9-6-10-14-18;1-4-6(3)5-2/h4-15,20,24-25H,1-2H2,3H3,(H2,22,23);6H,4-5H2,1-3H3/b19-15-;. The molecular formula is C27H38N4. The molecular weight excluding hydrogens is 380 g/mol. The van der Waals surface area contributed by atoms with E-state index in [4.69, 9.17) is 5.73 Å². The number of amidine groups is 1. The summed E-state index contributed by atoms with van der Waals surface area (Å²) in [4.78, 5) is 4.07. The molecule has 166 valence electrons. The second-order valence-corrected chi connectivity index (χ2v) is 7.34. The zero-order valence-electron chi connectivity index (χ0n) is 19.4. The van der Waals surface area contributed by atoms with Crippen molar-refractivity contribution in [1.82, 2.24) is 10.6 Å². The van der Waals surface area contributed by atoms with Crippen molar-refractivity contribution in [2.75, 3.05) is 7.05 Å². The fraction of sp³-hybridized carbons (Fsp3) is 0.296. The number of aliphatic imine (C=N–C) groups is 1. The van der Waals surface area contributed by atoms with Crippen LogP contribution < -0.4 is 16.4 Å². The molecule has 0 spiro atoms. The summed E-state index contributed by atoms with van der Waals surface area (Å²) in [5.74, 6) is 1.33. The van der Waals surface area contributed by atoms with E-state index in [1.54, 1.807) is 19.4 Å². The third-order valence-electron chi connectivity index (χ3n) is 5.17. The highest BCUT2D eigenvalue weighted by atomic mass is 15.0. The van der Waals surface area contributed by atoms with Crippen LogP contribution in [0.2, 0.25) is 0 Å². The van der Waals surface area contributed by atoms with Crippen LogP contribution in [0.1, 0.15) is 50.8 Å². The van der Waals surface area contributed by atoms with Gasteiger partial charge in [0, 0.05) is 18.9 Å². The Morgan fingerprint density at radius 3 is 1.84 bits per heavy atom. The zero-order valence-corrected chi connectivity index (χ0v) is 19.4. The zero-order chi connectivity index (χ0) is 23.1. The number of nitrogens with two attached hydrogens (primary N) is 1. The van der Waals surface area contributed by atoms with Gasteiger partial charge in [0.25, 0.3) is 0 Å². The number of nitrogens with one attached hydrogen (secondary N) is 2. The predicted octanol–water partition coefficient (Wildman–Crippen LogP) is 5.93. The lowest BCUT2D eigenvalue weighted by atomic mass is 9.98. The molecule has 4 heteroatoms. The van der Waals surface area contributed by atoms with Gasteiger partial charge < -0.3 is 16.4 Å². The van der Waals surface area contributed by atoms with Gasteiger partial charge in [-0.05, 0) is 23.2 Å². The van der Waals surface area contributed by atoms with Gasteiger partial charge in [-0.2, -0.15) is 0 Å². The van der Waals surface area contributed by atoms with Crippen LogP contribution in [0.25, 0.3) is 0 Å². The molecule has 4 nitrogen and oxygen atoms in total. The van der Waals surface area contributed by atoms with E-state index in [9.17, 15) is 0 Å². The highest BCUT2D eigenvalue weighted by molar-refractivity contribution is 6.00. The Morgan fingerprint density at radius 2 is 1.48 bits per heavy atom. The van der Waals surface area contributed by atoms with E-state index in [1.165, 1.54) is 12.8 Å². The third kappa shape index (κ3) is 8.95. The van der Waals surface area contributed by atoms with Crippen molar-refractivity contribution >= 4 is 5.84 Å². The summed E-state index contributed by atoms with van der Waals surface area (Å²) in [6.45, 7) is 14.5. The van der Waals surface area contributed by atoms with Crippen LogP contribution in [0.5, 0.6) is 0 Å². The molecule has 0 aliphatic carbocycles. The first-order chi connectivity index (χ1) is 15.0. The molecule has 0 bridgehead atoms. The summed E-state index contributed by atoms with van der Waals surface area (Å²) in [6.07, 6.45) is 5.97. The summed E-state index contributed by atoms with van der Waals surface area (Å²) in [5.41, 5.74) is 9.66. The second-order valence-electron chi connectivity index (χ2n) is 7.34. The maximum atomic E-state index is 6.02. The Hall–Kier alpha value is -3.27. The highest BCUT2D eigenvalue weighted by Gasteiger charge is 2.17. The summed E-state index contributed by atoms with van der Waals surface area (Å²) in [5, 5.41) is 6.41. The lowest BCUT2D eigenvalue weighted by Crippen LogP contribution is -2.28. The van der Waals surface area contributed by atoms with Gasteiger partial charge in [0.1, 0.15) is 5.84 Å². The molecule has 0 fully saturated rings. The highest BCUT2D eigenvalue weighted by Crippen LogP contribution is 2.24. The maximum Gasteiger partial charge on any atom is 0.128 e. The van der Waals surface area contributed by atoms with E-state index in [2.05, 4.69) is 73.8 Å². The minimum Gasteiger partial charge on any atom is -0.383 e. The first kappa shape index (κ1) is 25.8. The first-order valence-electron chi connectivity index (χ1n) is 10.8. The number of rotatable bonds is 10. The molecule has 0 atom stereocenters. The first-order valence-corrected chi connectivity index (χ1v) is 10.8. The number of nitrogens with zero attached hydrogens (tertiary/aromatic N) is 1. The fourth-order valence-corrected chi connectivity index (χ4v) is 2.77. The number of hydrogen-bond acceptors (Lipinski definition) is 3. The summed E-state index contributed by atoms with van der Waals surface area (Å²) in [7, 11) is 1.65. The van der Waals surface area contributed by atoms with Crippen molar-refractivity contribution in [2.45, 2.75) is 39.7 Å². The van der Waals surface area contributed by atoms with Gasteiger partial charge in [0.15, 0.2) is 0 Å². The van der Waals surface area contributed by atoms with E-state index in [0.29, 0.717) is 17.1 Å². The quantitative estimate of drug-likeness (QED) is 0.255. The normalized spacial score (nSPS) is 11.5. The van der Waals surface area contributed by atoms with Gasteiger partial charge in [0.05, 0.1) is 11.6 Å². The summed E-state index contributed by atoms with van der Waals surface area (Å²) >= 11 is 0. The van der Waals surface area contributed by atoms with Crippen molar-refractivity contribution < 1.29 is 0 Å². The largest absolute Gasteiger partial charge is 0.383 e. The van der Waals surface area contributed by atoms with Crippen molar-refractivity contribution in [1.29, 1.82) is 0 Å². The van der Waals surface area contributed by atoms with Crippen molar-refractivity contribution in [2.24, 2.45) is 16.6 Å². The van der Waals surface area contributed by atoms with Crippen LogP contribution in [-0.4, -0.2) is 12.9 Å². The second kappa shape index (κ2) is 14.7. The van der Waals surface area contributed by atoms with Crippen LogP contribution in [-0.2, 0) is 0 Å². The van der Waals surface area contributed by atoms with E-state index in [1.807, 2.05) is 36.4 Å². The topological polar surface area (TPSA) is 62.4 Å². The van der Waals surface area contributed by atoms with Crippen LogP contribution in [0.4, 0.5) is 0 Å². The molecule has 2 rings (SSSR count). The molecule has 0 heterocycles. The molecule has 0 aliphatic rings. The van der Waals surface area contributed by atoms with E-state index < -0.39 is 0 Å². The Bertz CT molecular complexity index is 795. The average molecular weight is 419 g/mol. The van der Waals surface area contributed by atoms with E-state index >= 15 is 0 Å². The van der Waals surface area contributed by atoms with Gasteiger partial charge in [-0.25, -0.2) is 0 Å². The average Bonchev–Trinajstić information content (AvgIpc) is 2.83. The minimum absolute atomic E-state index is 0.0494. The minimum atomic E-state index is -0.0494. The molecule has 2 aromatic carbocycles. The third-order valence-corrected chi connectivity index (χ3v) is 5.17. The molecule has 2 aromatic rings. The number of hydrogen-bond donors (Lipinski definition) is 3. The Morgan fingerprint density at radius 1 is 1.00 bits per heavy atom. The lowest BCUT2D eigenvalue weighted by Gasteiger charge is -2.23. The smallest absolute Gasteiger partial charge is 0.128 e. The molecule has 0 aromatic heterocycles. The van der Waals surface area contributed by atoms with E-state index in [0.717, 1.165) is 17.0 Å². The monoisotopic (exact) mass is 418 g/mol. The molecule has 0 amide bonds. The summed E-state index contributed by atoms with van der Waals surface area (Å²) in [6, 6.07) is 20.4. The van der Waals surface area contributed by atoms with Crippen LogP contribution in [0.15, 0.2) is 102 Å². The van der Waals surface area contributed by atoms with Gasteiger partial charge in [-0.1, -0.05) is 107 Å². The van der Waals surface area contributed by atoms with Gasteiger partial charge in [-0.15, -0.1) is 0 Å². The van der Waals surface area contributed by atoms with Crippen molar-refractivity contribution in [3.8, 4) is 0 Å². The van der Waals surface area contributed by atoms with Crippen molar-refractivity contribution in [3.05, 3.63) is 109 Å². The predicted molar refractivity (Wildman–Crippen MR) is 136 cm³/mol. The van der Waals surface area contributed by atoms with Gasteiger partial charge in [0.2, 0.25) is 0 Å². The lowest BCUT2D eigenvalue weighted by molar-refractivity contribution is 0.544. The molecule has 0 radical (unpaired) electrons. The van der Waals surface area contributed by atoms with Crippen molar-refractivity contribution in [3.63, 3.8) is 0 Å². The van der Waals surface area contributed by atoms with Gasteiger partial charge in [-0.3, -0.25) is 4.99 Å².